The van der Waals surface area contributed by atoms with E-state index < -0.39 is 4.92 Å². The molecule has 0 aliphatic heterocycles. The Morgan fingerprint density at radius 2 is 1.67 bits per heavy atom. The highest BCUT2D eigenvalue weighted by atomic mass is 16.6. The molecule has 5 heteroatoms. The molecule has 118 valence electrons. The molecule has 1 aromatic heterocycles. The second-order valence-corrected chi connectivity index (χ2v) is 5.12. The van der Waals surface area contributed by atoms with Gasteiger partial charge in [0.1, 0.15) is 0 Å². The van der Waals surface area contributed by atoms with Gasteiger partial charge in [0.15, 0.2) is 0 Å². The molecule has 24 heavy (non-hydrogen) atoms. The first-order valence-electron chi connectivity index (χ1n) is 7.42. The van der Waals surface area contributed by atoms with E-state index in [4.69, 9.17) is 0 Å². The lowest BCUT2D eigenvalue weighted by Crippen LogP contribution is -1.99. The van der Waals surface area contributed by atoms with Gasteiger partial charge in [-0.1, -0.05) is 54.6 Å². The summed E-state index contributed by atoms with van der Waals surface area (Å²) in [6, 6.07) is 20.6. The van der Waals surface area contributed by atoms with E-state index in [1.807, 2.05) is 66.7 Å². The standard InChI is InChI=1S/C19H15N3O2/c23-22(24)18-10-5-13-20-19(18)21-17-9-4-8-16(14-17)12-11-15-6-2-1-3-7-15/h1-14H,(H,20,21)/b12-11+. The van der Waals surface area contributed by atoms with Crippen LogP contribution in [0, 0.1) is 10.1 Å². The Morgan fingerprint density at radius 1 is 0.917 bits per heavy atom. The Hall–Kier alpha value is -3.47. The summed E-state index contributed by atoms with van der Waals surface area (Å²) in [5, 5.41) is 14.1. The minimum Gasteiger partial charge on any atom is -0.334 e. The molecule has 1 heterocycles. The highest BCUT2D eigenvalue weighted by Crippen LogP contribution is 2.25. The number of nitrogens with zero attached hydrogens (tertiary/aromatic N) is 2. The maximum Gasteiger partial charge on any atom is 0.311 e. The number of rotatable bonds is 5. The Bertz CT molecular complexity index is 877. The Balaban J connectivity index is 1.81. The molecule has 0 bridgehead atoms. The van der Waals surface area contributed by atoms with Crippen LogP contribution in [0.5, 0.6) is 0 Å². The van der Waals surface area contributed by atoms with Crippen molar-refractivity contribution in [2.45, 2.75) is 0 Å². The molecule has 3 aromatic rings. The number of aromatic nitrogens is 1. The molecule has 0 spiro atoms. The highest BCUT2D eigenvalue weighted by Gasteiger charge is 2.13. The lowest BCUT2D eigenvalue weighted by molar-refractivity contribution is -0.384. The van der Waals surface area contributed by atoms with Gasteiger partial charge in [-0.25, -0.2) is 4.98 Å². The molecule has 0 saturated carbocycles. The molecule has 0 saturated heterocycles. The third kappa shape index (κ3) is 3.84. The lowest BCUT2D eigenvalue weighted by atomic mass is 10.1. The van der Waals surface area contributed by atoms with Crippen LogP contribution in [-0.2, 0) is 0 Å². The third-order valence-corrected chi connectivity index (χ3v) is 3.40. The van der Waals surface area contributed by atoms with Gasteiger partial charge in [-0.3, -0.25) is 10.1 Å². The van der Waals surface area contributed by atoms with Crippen molar-refractivity contribution < 1.29 is 4.92 Å². The minimum absolute atomic E-state index is 0.0530. The van der Waals surface area contributed by atoms with Gasteiger partial charge in [0, 0.05) is 18.0 Å². The summed E-state index contributed by atoms with van der Waals surface area (Å²) in [4.78, 5) is 14.7. The first-order chi connectivity index (χ1) is 11.7. The van der Waals surface area contributed by atoms with Crippen molar-refractivity contribution in [3.05, 3.63) is 94.2 Å². The van der Waals surface area contributed by atoms with Crippen molar-refractivity contribution in [1.82, 2.24) is 4.98 Å². The second kappa shape index (κ2) is 7.19. The topological polar surface area (TPSA) is 68.1 Å². The Labute approximate surface area is 139 Å². The monoisotopic (exact) mass is 317 g/mol. The zero-order valence-electron chi connectivity index (χ0n) is 12.8. The average Bonchev–Trinajstić information content (AvgIpc) is 2.61. The molecule has 0 fully saturated rings. The average molecular weight is 317 g/mol. The molecule has 0 atom stereocenters. The summed E-state index contributed by atoms with van der Waals surface area (Å²) in [7, 11) is 0. The maximum absolute atomic E-state index is 11.1. The lowest BCUT2D eigenvalue weighted by Gasteiger charge is -2.06. The fraction of sp³-hybridized carbons (Fsp3) is 0. The van der Waals surface area contributed by atoms with Crippen LogP contribution in [0.2, 0.25) is 0 Å². The molecule has 3 rings (SSSR count). The van der Waals surface area contributed by atoms with E-state index in [-0.39, 0.29) is 11.5 Å². The molecule has 0 aliphatic carbocycles. The van der Waals surface area contributed by atoms with Crippen molar-refractivity contribution in [2.24, 2.45) is 0 Å². The van der Waals surface area contributed by atoms with Crippen LogP contribution in [0.1, 0.15) is 11.1 Å². The Kier molecular flexibility index (Phi) is 4.62. The van der Waals surface area contributed by atoms with Crippen LogP contribution in [0.4, 0.5) is 17.2 Å². The third-order valence-electron chi connectivity index (χ3n) is 3.40. The number of nitrogens with one attached hydrogen (secondary N) is 1. The van der Waals surface area contributed by atoms with Gasteiger partial charge in [0.05, 0.1) is 4.92 Å². The SMILES string of the molecule is O=[N+]([O-])c1cccnc1Nc1cccc(/C=C/c2ccccc2)c1. The van der Waals surface area contributed by atoms with Crippen molar-refractivity contribution in [3.63, 3.8) is 0 Å². The van der Waals surface area contributed by atoms with E-state index in [9.17, 15) is 10.1 Å². The number of hydrogen-bond acceptors (Lipinski definition) is 4. The molecule has 5 nitrogen and oxygen atoms in total. The fourth-order valence-electron chi connectivity index (χ4n) is 2.25. The summed E-state index contributed by atoms with van der Waals surface area (Å²) < 4.78 is 0. The van der Waals surface area contributed by atoms with E-state index in [1.54, 1.807) is 6.07 Å². The van der Waals surface area contributed by atoms with Crippen LogP contribution in [0.25, 0.3) is 12.2 Å². The number of anilines is 2. The van der Waals surface area contributed by atoms with Crippen LogP contribution >= 0.6 is 0 Å². The summed E-state index contributed by atoms with van der Waals surface area (Å²) in [5.74, 6) is 0.228. The second-order valence-electron chi connectivity index (χ2n) is 5.12. The van der Waals surface area contributed by atoms with Gasteiger partial charge in [0.25, 0.3) is 0 Å². The van der Waals surface area contributed by atoms with Gasteiger partial charge in [-0.15, -0.1) is 0 Å². The van der Waals surface area contributed by atoms with E-state index >= 15 is 0 Å². The first kappa shape index (κ1) is 15.4. The Morgan fingerprint density at radius 3 is 2.46 bits per heavy atom. The summed E-state index contributed by atoms with van der Waals surface area (Å²) in [6.07, 6.45) is 5.53. The van der Waals surface area contributed by atoms with Gasteiger partial charge >= 0.3 is 5.69 Å². The smallest absolute Gasteiger partial charge is 0.311 e. The summed E-state index contributed by atoms with van der Waals surface area (Å²) >= 11 is 0. The van der Waals surface area contributed by atoms with Crippen LogP contribution in [-0.4, -0.2) is 9.91 Å². The predicted molar refractivity (Wildman–Crippen MR) is 96.0 cm³/mol. The number of benzene rings is 2. The largest absolute Gasteiger partial charge is 0.334 e. The highest BCUT2D eigenvalue weighted by molar-refractivity contribution is 5.73. The van der Waals surface area contributed by atoms with E-state index in [1.165, 1.54) is 12.3 Å². The molecular weight excluding hydrogens is 302 g/mol. The molecular formula is C19H15N3O2. The van der Waals surface area contributed by atoms with E-state index in [0.717, 1.165) is 16.8 Å². The van der Waals surface area contributed by atoms with Gasteiger partial charge in [-0.2, -0.15) is 0 Å². The van der Waals surface area contributed by atoms with Crippen molar-refractivity contribution in [2.75, 3.05) is 5.32 Å². The van der Waals surface area contributed by atoms with Crippen LogP contribution < -0.4 is 5.32 Å². The number of pyridine rings is 1. The van der Waals surface area contributed by atoms with Crippen molar-refractivity contribution >= 4 is 29.3 Å². The minimum atomic E-state index is -0.450. The molecule has 0 amide bonds. The van der Waals surface area contributed by atoms with E-state index in [2.05, 4.69) is 10.3 Å². The summed E-state index contributed by atoms with van der Waals surface area (Å²) in [5.41, 5.74) is 2.79. The zero-order valence-corrected chi connectivity index (χ0v) is 12.8. The molecule has 2 aromatic carbocycles. The zero-order chi connectivity index (χ0) is 16.8. The fourth-order valence-corrected chi connectivity index (χ4v) is 2.25. The van der Waals surface area contributed by atoms with Gasteiger partial charge < -0.3 is 5.32 Å². The normalized spacial score (nSPS) is 10.7. The van der Waals surface area contributed by atoms with Gasteiger partial charge in [0.2, 0.25) is 5.82 Å². The quantitative estimate of drug-likeness (QED) is 0.413. The maximum atomic E-state index is 11.1. The molecule has 0 radical (unpaired) electrons. The molecule has 1 N–H and O–H groups in total. The van der Waals surface area contributed by atoms with E-state index in [0.29, 0.717) is 0 Å². The number of hydrogen-bond donors (Lipinski definition) is 1. The van der Waals surface area contributed by atoms with Crippen molar-refractivity contribution in [3.8, 4) is 0 Å². The van der Waals surface area contributed by atoms with Gasteiger partial charge in [-0.05, 0) is 29.3 Å². The molecule has 0 aliphatic rings. The van der Waals surface area contributed by atoms with Crippen LogP contribution in [0.15, 0.2) is 72.9 Å². The predicted octanol–water partition coefficient (Wildman–Crippen LogP) is 4.90. The number of nitro groups is 1. The molecule has 0 unspecified atom stereocenters. The first-order valence-corrected chi connectivity index (χ1v) is 7.42. The van der Waals surface area contributed by atoms with Crippen LogP contribution in [0.3, 0.4) is 0 Å². The summed E-state index contributed by atoms with van der Waals surface area (Å²) in [6.45, 7) is 0. The van der Waals surface area contributed by atoms with Crippen molar-refractivity contribution in [1.29, 1.82) is 0 Å².